The summed E-state index contributed by atoms with van der Waals surface area (Å²) in [6.07, 6.45) is 6.55. The molecular weight excluding hydrogens is 190 g/mol. The molecule has 1 aliphatic heterocycles. The van der Waals surface area contributed by atoms with Crippen molar-refractivity contribution < 1.29 is 0 Å². The Morgan fingerprint density at radius 1 is 1.47 bits per heavy atom. The number of guanidine groups is 1. The lowest BCUT2D eigenvalue weighted by atomic mass is 10.2. The number of aryl methyl sites for hydroxylation is 2. The second-order valence-electron chi connectivity index (χ2n) is 3.86. The van der Waals surface area contributed by atoms with Crippen LogP contribution in [-0.4, -0.2) is 22.1 Å². The first-order valence-electron chi connectivity index (χ1n) is 5.36. The van der Waals surface area contributed by atoms with Gasteiger partial charge in [0.1, 0.15) is 5.82 Å². The Bertz CT molecular complexity index is 338. The van der Waals surface area contributed by atoms with Crippen molar-refractivity contribution >= 4 is 5.96 Å². The van der Waals surface area contributed by atoms with E-state index in [4.69, 9.17) is 11.5 Å². The van der Waals surface area contributed by atoms with Gasteiger partial charge in [0.05, 0.1) is 5.69 Å². The number of nitrogens with two attached hydrogens (primary N) is 2. The highest BCUT2D eigenvalue weighted by atomic mass is 15.1. The predicted molar refractivity (Wildman–Crippen MR) is 59.5 cm³/mol. The summed E-state index contributed by atoms with van der Waals surface area (Å²) in [6, 6.07) is 0. The Balaban J connectivity index is 1.97. The van der Waals surface area contributed by atoms with E-state index in [-0.39, 0.29) is 5.96 Å². The van der Waals surface area contributed by atoms with Crippen molar-refractivity contribution in [1.29, 1.82) is 0 Å². The molecule has 5 nitrogen and oxygen atoms in total. The van der Waals surface area contributed by atoms with Gasteiger partial charge in [-0.05, 0) is 12.8 Å². The highest BCUT2D eigenvalue weighted by Gasteiger charge is 2.11. The third kappa shape index (κ3) is 2.49. The molecule has 4 N–H and O–H groups in total. The van der Waals surface area contributed by atoms with Crippen LogP contribution in [-0.2, 0) is 19.4 Å². The summed E-state index contributed by atoms with van der Waals surface area (Å²) < 4.78 is 2.24. The Hall–Kier alpha value is -1.52. The van der Waals surface area contributed by atoms with Crippen LogP contribution in [0, 0.1) is 0 Å². The van der Waals surface area contributed by atoms with Gasteiger partial charge in [-0.25, -0.2) is 4.98 Å². The fourth-order valence-corrected chi connectivity index (χ4v) is 1.89. The van der Waals surface area contributed by atoms with E-state index in [0.29, 0.717) is 6.54 Å². The fourth-order valence-electron chi connectivity index (χ4n) is 1.89. The molecule has 15 heavy (non-hydrogen) atoms. The van der Waals surface area contributed by atoms with Crippen molar-refractivity contribution in [3.05, 3.63) is 17.7 Å². The highest BCUT2D eigenvalue weighted by Crippen LogP contribution is 2.14. The molecule has 0 aromatic carbocycles. The van der Waals surface area contributed by atoms with Gasteiger partial charge in [0, 0.05) is 32.1 Å². The number of hydrogen-bond donors (Lipinski definition) is 2. The molecule has 0 amide bonds. The molecule has 82 valence electrons. The topological polar surface area (TPSA) is 82.2 Å². The van der Waals surface area contributed by atoms with Crippen LogP contribution in [0.25, 0.3) is 0 Å². The summed E-state index contributed by atoms with van der Waals surface area (Å²) in [5.41, 5.74) is 11.6. The summed E-state index contributed by atoms with van der Waals surface area (Å²) in [4.78, 5) is 8.51. The highest BCUT2D eigenvalue weighted by molar-refractivity contribution is 5.75. The first-order valence-corrected chi connectivity index (χ1v) is 5.36. The van der Waals surface area contributed by atoms with Crippen LogP contribution in [0.1, 0.15) is 24.4 Å². The van der Waals surface area contributed by atoms with Crippen molar-refractivity contribution in [1.82, 2.24) is 9.55 Å². The average Bonchev–Trinajstić information content (AvgIpc) is 2.59. The lowest BCUT2D eigenvalue weighted by Crippen LogP contribution is -2.23. The monoisotopic (exact) mass is 207 g/mol. The SMILES string of the molecule is NC(N)=NCCc1cn2c(n1)CCCC2. The van der Waals surface area contributed by atoms with Gasteiger partial charge in [-0.15, -0.1) is 0 Å². The molecule has 0 spiro atoms. The van der Waals surface area contributed by atoms with Gasteiger partial charge in [0.25, 0.3) is 0 Å². The zero-order chi connectivity index (χ0) is 10.7. The first-order chi connectivity index (χ1) is 7.25. The van der Waals surface area contributed by atoms with Crippen molar-refractivity contribution in [3.8, 4) is 0 Å². The van der Waals surface area contributed by atoms with Crippen LogP contribution >= 0.6 is 0 Å². The molecular formula is C10H17N5. The zero-order valence-corrected chi connectivity index (χ0v) is 8.82. The van der Waals surface area contributed by atoms with Crippen molar-refractivity contribution in [2.45, 2.75) is 32.2 Å². The third-order valence-corrected chi connectivity index (χ3v) is 2.62. The molecule has 0 unspecified atom stereocenters. The van der Waals surface area contributed by atoms with Gasteiger partial charge in [-0.2, -0.15) is 0 Å². The lowest BCUT2D eigenvalue weighted by molar-refractivity contribution is 0.522. The van der Waals surface area contributed by atoms with Gasteiger partial charge in [-0.3, -0.25) is 4.99 Å². The molecule has 1 aromatic heterocycles. The van der Waals surface area contributed by atoms with Gasteiger partial charge >= 0.3 is 0 Å². The lowest BCUT2D eigenvalue weighted by Gasteiger charge is -2.11. The van der Waals surface area contributed by atoms with Gasteiger partial charge < -0.3 is 16.0 Å². The number of hydrogen-bond acceptors (Lipinski definition) is 2. The quantitative estimate of drug-likeness (QED) is 0.542. The minimum absolute atomic E-state index is 0.152. The van der Waals surface area contributed by atoms with E-state index in [1.165, 1.54) is 18.7 Å². The van der Waals surface area contributed by atoms with Gasteiger partial charge in [0.2, 0.25) is 0 Å². The molecule has 0 fully saturated rings. The second kappa shape index (κ2) is 4.33. The van der Waals surface area contributed by atoms with E-state index >= 15 is 0 Å². The Kier molecular flexibility index (Phi) is 2.89. The van der Waals surface area contributed by atoms with Gasteiger partial charge in [-0.1, -0.05) is 0 Å². The Labute approximate surface area is 89.2 Å². The molecule has 0 radical (unpaired) electrons. The molecule has 2 rings (SSSR count). The van der Waals surface area contributed by atoms with E-state index in [1.54, 1.807) is 0 Å². The minimum atomic E-state index is 0.152. The number of aromatic nitrogens is 2. The van der Waals surface area contributed by atoms with Crippen molar-refractivity contribution in [2.75, 3.05) is 6.54 Å². The number of nitrogens with zero attached hydrogens (tertiary/aromatic N) is 3. The molecule has 1 aromatic rings. The predicted octanol–water partition coefficient (Wildman–Crippen LogP) is 0.0353. The fraction of sp³-hybridized carbons (Fsp3) is 0.600. The zero-order valence-electron chi connectivity index (χ0n) is 8.82. The number of rotatable bonds is 3. The largest absolute Gasteiger partial charge is 0.370 e. The maximum atomic E-state index is 5.26. The van der Waals surface area contributed by atoms with E-state index in [0.717, 1.165) is 25.1 Å². The molecule has 0 saturated heterocycles. The normalized spacial score (nSPS) is 14.7. The van der Waals surface area contributed by atoms with Crippen LogP contribution < -0.4 is 11.5 Å². The molecule has 0 saturated carbocycles. The molecule has 0 bridgehead atoms. The van der Waals surface area contributed by atoms with Crippen molar-refractivity contribution in [2.24, 2.45) is 16.5 Å². The number of aliphatic imine (C=N–C) groups is 1. The van der Waals surface area contributed by atoms with Crippen LogP contribution in [0.2, 0.25) is 0 Å². The van der Waals surface area contributed by atoms with E-state index in [2.05, 4.69) is 20.7 Å². The number of fused-ring (bicyclic) bond motifs is 1. The van der Waals surface area contributed by atoms with Crippen LogP contribution in [0.5, 0.6) is 0 Å². The van der Waals surface area contributed by atoms with E-state index in [1.807, 2.05) is 0 Å². The summed E-state index contributed by atoms with van der Waals surface area (Å²) in [5.74, 6) is 1.36. The summed E-state index contributed by atoms with van der Waals surface area (Å²) in [5, 5.41) is 0. The molecule has 5 heteroatoms. The summed E-state index contributed by atoms with van der Waals surface area (Å²) in [7, 11) is 0. The smallest absolute Gasteiger partial charge is 0.185 e. The Morgan fingerprint density at radius 3 is 3.07 bits per heavy atom. The minimum Gasteiger partial charge on any atom is -0.370 e. The third-order valence-electron chi connectivity index (χ3n) is 2.62. The van der Waals surface area contributed by atoms with Gasteiger partial charge in [0.15, 0.2) is 5.96 Å². The maximum Gasteiger partial charge on any atom is 0.185 e. The van der Waals surface area contributed by atoms with E-state index in [9.17, 15) is 0 Å². The van der Waals surface area contributed by atoms with Crippen molar-refractivity contribution in [3.63, 3.8) is 0 Å². The summed E-state index contributed by atoms with van der Waals surface area (Å²) in [6.45, 7) is 1.73. The summed E-state index contributed by atoms with van der Waals surface area (Å²) >= 11 is 0. The first kappa shape index (κ1) is 10.0. The van der Waals surface area contributed by atoms with E-state index < -0.39 is 0 Å². The van der Waals surface area contributed by atoms with Crippen LogP contribution in [0.15, 0.2) is 11.2 Å². The number of imidazole rings is 1. The standard InChI is InChI=1S/C10H17N5/c11-10(12)13-5-4-8-7-15-6-2-1-3-9(15)14-8/h7H,1-6H2,(H4,11,12,13). The maximum absolute atomic E-state index is 5.26. The molecule has 2 heterocycles. The Morgan fingerprint density at radius 2 is 2.33 bits per heavy atom. The molecule has 1 aliphatic rings. The molecule has 0 atom stereocenters. The second-order valence-corrected chi connectivity index (χ2v) is 3.86. The average molecular weight is 207 g/mol. The van der Waals surface area contributed by atoms with Crippen LogP contribution in [0.4, 0.5) is 0 Å². The van der Waals surface area contributed by atoms with Crippen LogP contribution in [0.3, 0.4) is 0 Å². The molecule has 0 aliphatic carbocycles.